The molecule has 3 nitrogen and oxygen atoms in total. The lowest BCUT2D eigenvalue weighted by molar-refractivity contribution is 0.485. The monoisotopic (exact) mass is 242 g/mol. The standard InChI is InChI=1S/C15H18N2O/c1-10(2)11-3-6-13(7-4-11)18-15-8-5-12(16)9-14(15)17/h3-10H,16-17H2,1-2H3. The van der Waals surface area contributed by atoms with Crippen LogP contribution in [-0.4, -0.2) is 0 Å². The maximum Gasteiger partial charge on any atom is 0.150 e. The van der Waals surface area contributed by atoms with Gasteiger partial charge in [0.1, 0.15) is 11.5 Å². The molecule has 0 fully saturated rings. The molecular formula is C15H18N2O. The summed E-state index contributed by atoms with van der Waals surface area (Å²) in [4.78, 5) is 0. The molecule has 0 unspecified atom stereocenters. The van der Waals surface area contributed by atoms with Gasteiger partial charge in [-0.25, -0.2) is 0 Å². The fourth-order valence-corrected chi connectivity index (χ4v) is 1.71. The zero-order valence-electron chi connectivity index (χ0n) is 10.7. The van der Waals surface area contributed by atoms with Crippen LogP contribution in [-0.2, 0) is 0 Å². The van der Waals surface area contributed by atoms with E-state index < -0.39 is 0 Å². The first kappa shape index (κ1) is 12.3. The zero-order chi connectivity index (χ0) is 13.1. The van der Waals surface area contributed by atoms with Crippen LogP contribution in [0.4, 0.5) is 11.4 Å². The van der Waals surface area contributed by atoms with Gasteiger partial charge in [-0.3, -0.25) is 0 Å². The van der Waals surface area contributed by atoms with Crippen LogP contribution in [0.3, 0.4) is 0 Å². The highest BCUT2D eigenvalue weighted by Gasteiger charge is 2.03. The molecule has 0 aliphatic heterocycles. The molecule has 4 N–H and O–H groups in total. The third-order valence-corrected chi connectivity index (χ3v) is 2.81. The van der Waals surface area contributed by atoms with Gasteiger partial charge in [-0.1, -0.05) is 26.0 Å². The normalized spacial score (nSPS) is 10.6. The Balaban J connectivity index is 2.18. The summed E-state index contributed by atoms with van der Waals surface area (Å²) in [5.41, 5.74) is 13.9. The molecule has 2 aromatic rings. The highest BCUT2D eigenvalue weighted by molar-refractivity contribution is 5.61. The quantitative estimate of drug-likeness (QED) is 0.805. The SMILES string of the molecule is CC(C)c1ccc(Oc2ccc(N)cc2N)cc1. The minimum Gasteiger partial charge on any atom is -0.455 e. The highest BCUT2D eigenvalue weighted by atomic mass is 16.5. The molecule has 0 aliphatic rings. The van der Waals surface area contributed by atoms with Gasteiger partial charge in [0.2, 0.25) is 0 Å². The first-order valence-electron chi connectivity index (χ1n) is 5.99. The van der Waals surface area contributed by atoms with Crippen molar-refractivity contribution in [2.24, 2.45) is 0 Å². The molecular weight excluding hydrogens is 224 g/mol. The van der Waals surface area contributed by atoms with Gasteiger partial charge in [0.25, 0.3) is 0 Å². The van der Waals surface area contributed by atoms with E-state index in [1.54, 1.807) is 18.2 Å². The van der Waals surface area contributed by atoms with Gasteiger partial charge in [0, 0.05) is 5.69 Å². The molecule has 94 valence electrons. The van der Waals surface area contributed by atoms with E-state index in [4.69, 9.17) is 16.2 Å². The Morgan fingerprint density at radius 3 is 2.17 bits per heavy atom. The van der Waals surface area contributed by atoms with Crippen LogP contribution in [0.5, 0.6) is 11.5 Å². The number of hydrogen-bond acceptors (Lipinski definition) is 3. The van der Waals surface area contributed by atoms with Crippen LogP contribution in [0.25, 0.3) is 0 Å². The number of nitrogen functional groups attached to an aromatic ring is 2. The summed E-state index contributed by atoms with van der Waals surface area (Å²) >= 11 is 0. The van der Waals surface area contributed by atoms with Crippen molar-refractivity contribution in [3.05, 3.63) is 48.0 Å². The first-order chi connectivity index (χ1) is 8.56. The van der Waals surface area contributed by atoms with Gasteiger partial charge in [-0.2, -0.15) is 0 Å². The van der Waals surface area contributed by atoms with Crippen molar-refractivity contribution in [3.63, 3.8) is 0 Å². The van der Waals surface area contributed by atoms with Crippen molar-refractivity contribution < 1.29 is 4.74 Å². The smallest absolute Gasteiger partial charge is 0.150 e. The summed E-state index contributed by atoms with van der Waals surface area (Å²) in [7, 11) is 0. The van der Waals surface area contributed by atoms with E-state index in [-0.39, 0.29) is 0 Å². The van der Waals surface area contributed by atoms with Gasteiger partial charge in [0.05, 0.1) is 5.69 Å². The topological polar surface area (TPSA) is 61.3 Å². The minimum absolute atomic E-state index is 0.514. The molecule has 0 saturated carbocycles. The third-order valence-electron chi connectivity index (χ3n) is 2.81. The Bertz CT molecular complexity index is 533. The van der Waals surface area contributed by atoms with Crippen molar-refractivity contribution in [2.45, 2.75) is 19.8 Å². The van der Waals surface area contributed by atoms with E-state index in [9.17, 15) is 0 Å². The van der Waals surface area contributed by atoms with Crippen molar-refractivity contribution in [1.29, 1.82) is 0 Å². The Morgan fingerprint density at radius 1 is 0.944 bits per heavy atom. The first-order valence-corrected chi connectivity index (χ1v) is 5.99. The molecule has 18 heavy (non-hydrogen) atoms. The predicted octanol–water partition coefficient (Wildman–Crippen LogP) is 3.77. The summed E-state index contributed by atoms with van der Waals surface area (Å²) < 4.78 is 5.72. The van der Waals surface area contributed by atoms with Crippen LogP contribution in [0.2, 0.25) is 0 Å². The molecule has 0 heterocycles. The number of rotatable bonds is 3. The largest absolute Gasteiger partial charge is 0.455 e. The summed E-state index contributed by atoms with van der Waals surface area (Å²) in [6, 6.07) is 13.3. The van der Waals surface area contributed by atoms with E-state index in [0.717, 1.165) is 5.75 Å². The maximum atomic E-state index is 5.84. The fourth-order valence-electron chi connectivity index (χ4n) is 1.71. The lowest BCUT2D eigenvalue weighted by Crippen LogP contribution is -1.94. The van der Waals surface area contributed by atoms with E-state index in [0.29, 0.717) is 23.0 Å². The third kappa shape index (κ3) is 2.74. The van der Waals surface area contributed by atoms with Crippen LogP contribution < -0.4 is 16.2 Å². The zero-order valence-corrected chi connectivity index (χ0v) is 10.7. The number of ether oxygens (including phenoxy) is 1. The molecule has 0 aromatic heterocycles. The van der Waals surface area contributed by atoms with Crippen molar-refractivity contribution in [1.82, 2.24) is 0 Å². The number of benzene rings is 2. The van der Waals surface area contributed by atoms with Crippen molar-refractivity contribution in [2.75, 3.05) is 11.5 Å². The average molecular weight is 242 g/mol. The maximum absolute atomic E-state index is 5.84. The Hall–Kier alpha value is -2.16. The Kier molecular flexibility index (Phi) is 3.42. The van der Waals surface area contributed by atoms with E-state index in [1.807, 2.05) is 12.1 Å². The second-order valence-electron chi connectivity index (χ2n) is 4.62. The van der Waals surface area contributed by atoms with Crippen LogP contribution in [0, 0.1) is 0 Å². The Morgan fingerprint density at radius 2 is 1.61 bits per heavy atom. The van der Waals surface area contributed by atoms with Gasteiger partial charge in [-0.15, -0.1) is 0 Å². The minimum atomic E-state index is 0.514. The second-order valence-corrected chi connectivity index (χ2v) is 4.62. The number of nitrogens with two attached hydrogens (primary N) is 2. The lowest BCUT2D eigenvalue weighted by atomic mass is 10.0. The summed E-state index contributed by atoms with van der Waals surface area (Å²) in [6.45, 7) is 4.32. The predicted molar refractivity (Wildman–Crippen MR) is 75.9 cm³/mol. The number of anilines is 2. The van der Waals surface area contributed by atoms with Gasteiger partial charge in [-0.05, 0) is 41.8 Å². The second kappa shape index (κ2) is 5.00. The molecule has 0 spiro atoms. The molecule has 3 heteroatoms. The van der Waals surface area contributed by atoms with Crippen LogP contribution in [0.15, 0.2) is 42.5 Å². The molecule has 0 bridgehead atoms. The lowest BCUT2D eigenvalue weighted by Gasteiger charge is -2.10. The molecule has 0 radical (unpaired) electrons. The summed E-state index contributed by atoms with van der Waals surface area (Å²) in [5.74, 6) is 1.91. The molecule has 2 rings (SSSR count). The van der Waals surface area contributed by atoms with E-state index in [2.05, 4.69) is 26.0 Å². The van der Waals surface area contributed by atoms with Crippen molar-refractivity contribution >= 4 is 11.4 Å². The van der Waals surface area contributed by atoms with Gasteiger partial charge < -0.3 is 16.2 Å². The molecule has 2 aromatic carbocycles. The van der Waals surface area contributed by atoms with Gasteiger partial charge >= 0.3 is 0 Å². The molecule has 0 saturated heterocycles. The fraction of sp³-hybridized carbons (Fsp3) is 0.200. The Labute approximate surface area is 107 Å². The average Bonchev–Trinajstić information content (AvgIpc) is 2.33. The molecule has 0 aliphatic carbocycles. The van der Waals surface area contributed by atoms with Gasteiger partial charge in [0.15, 0.2) is 0 Å². The summed E-state index contributed by atoms with van der Waals surface area (Å²) in [5, 5.41) is 0. The number of hydrogen-bond donors (Lipinski definition) is 2. The van der Waals surface area contributed by atoms with Crippen molar-refractivity contribution in [3.8, 4) is 11.5 Å². The molecule has 0 atom stereocenters. The van der Waals surface area contributed by atoms with E-state index >= 15 is 0 Å². The van der Waals surface area contributed by atoms with Crippen LogP contribution >= 0.6 is 0 Å². The van der Waals surface area contributed by atoms with Crippen LogP contribution in [0.1, 0.15) is 25.3 Å². The highest BCUT2D eigenvalue weighted by Crippen LogP contribution is 2.29. The summed E-state index contributed by atoms with van der Waals surface area (Å²) in [6.07, 6.45) is 0. The molecule has 0 amide bonds. The van der Waals surface area contributed by atoms with E-state index in [1.165, 1.54) is 5.56 Å².